The summed E-state index contributed by atoms with van der Waals surface area (Å²) in [4.78, 5) is 8.92. The maximum atomic E-state index is 13.8. The molecule has 1 fully saturated rings. The first-order valence-corrected chi connectivity index (χ1v) is 11.1. The smallest absolute Gasteiger partial charge is 0.475 e. The Bertz CT molecular complexity index is 1300. The van der Waals surface area contributed by atoms with Crippen molar-refractivity contribution in [2.75, 3.05) is 6.54 Å². The summed E-state index contributed by atoms with van der Waals surface area (Å²) in [6.45, 7) is 0.916. The van der Waals surface area contributed by atoms with Crippen LogP contribution in [0.1, 0.15) is 24.4 Å². The molecule has 3 aromatic rings. The Labute approximate surface area is 200 Å². The van der Waals surface area contributed by atoms with E-state index in [0.717, 1.165) is 30.3 Å². The van der Waals surface area contributed by atoms with Gasteiger partial charge >= 0.3 is 12.1 Å². The Morgan fingerprint density at radius 2 is 1.56 bits per heavy atom. The monoisotopic (exact) mass is 541 g/mol. The summed E-state index contributed by atoms with van der Waals surface area (Å²) >= 11 is -2.49. The number of carbonyl (C=O) groups is 1. The molecule has 1 aliphatic heterocycles. The van der Waals surface area contributed by atoms with Crippen LogP contribution in [-0.2, 0) is 15.9 Å². The Kier molecular flexibility index (Phi) is 8.19. The highest BCUT2D eigenvalue weighted by atomic mass is 32.2. The quantitative estimate of drug-likeness (QED) is 0.252. The number of carboxylic acid groups (broad SMARTS) is 1. The SMILES string of the molecule is O=C(O)C(F)(F)F.O=S(Oc1c(F)c(F)c(F)c(F)c1F)c1ccc2c(C3CCCN3)cccc2c1. The van der Waals surface area contributed by atoms with Gasteiger partial charge in [-0.25, -0.2) is 22.2 Å². The van der Waals surface area contributed by atoms with Crippen LogP contribution in [-0.4, -0.2) is 28.0 Å². The fraction of sp³-hybridized carbons (Fsp3) is 0.227. The van der Waals surface area contributed by atoms with E-state index in [1.54, 1.807) is 12.1 Å². The summed E-state index contributed by atoms with van der Waals surface area (Å²) in [5.74, 6) is -15.3. The molecule has 3 aromatic carbocycles. The maximum Gasteiger partial charge on any atom is 0.490 e. The van der Waals surface area contributed by atoms with Gasteiger partial charge in [0.2, 0.25) is 45.9 Å². The lowest BCUT2D eigenvalue weighted by atomic mass is 9.98. The topological polar surface area (TPSA) is 75.6 Å². The molecule has 1 aliphatic rings. The van der Waals surface area contributed by atoms with Crippen molar-refractivity contribution in [3.8, 4) is 5.75 Å². The van der Waals surface area contributed by atoms with E-state index < -0.39 is 58.1 Å². The molecule has 2 N–H and O–H groups in total. The van der Waals surface area contributed by atoms with Crippen LogP contribution in [0.2, 0.25) is 0 Å². The van der Waals surface area contributed by atoms with Crippen molar-refractivity contribution in [3.63, 3.8) is 0 Å². The van der Waals surface area contributed by atoms with E-state index in [1.807, 2.05) is 12.1 Å². The maximum absolute atomic E-state index is 13.8. The second-order valence-corrected chi connectivity index (χ2v) is 8.51. The summed E-state index contributed by atoms with van der Waals surface area (Å²) in [5, 5.41) is 12.1. The second-order valence-electron chi connectivity index (χ2n) is 7.40. The number of alkyl halides is 3. The minimum absolute atomic E-state index is 0.0259. The van der Waals surface area contributed by atoms with E-state index in [0.29, 0.717) is 5.39 Å². The number of nitrogens with one attached hydrogen (secondary N) is 1. The predicted octanol–water partition coefficient (Wildman–Crippen LogP) is 5.69. The van der Waals surface area contributed by atoms with Gasteiger partial charge in [-0.15, -0.1) is 0 Å². The molecule has 14 heteroatoms. The number of hydrogen-bond acceptors (Lipinski definition) is 4. The summed E-state index contributed by atoms with van der Waals surface area (Å²) in [7, 11) is 0. The van der Waals surface area contributed by atoms with Crippen LogP contribution in [0.5, 0.6) is 5.75 Å². The van der Waals surface area contributed by atoms with E-state index in [4.69, 9.17) is 9.90 Å². The van der Waals surface area contributed by atoms with Crippen LogP contribution in [0.15, 0.2) is 41.3 Å². The Morgan fingerprint density at radius 1 is 0.972 bits per heavy atom. The molecule has 4 rings (SSSR count). The van der Waals surface area contributed by atoms with E-state index >= 15 is 0 Å². The normalized spacial score (nSPS) is 16.4. The predicted molar refractivity (Wildman–Crippen MR) is 111 cm³/mol. The van der Waals surface area contributed by atoms with Crippen molar-refractivity contribution < 1.29 is 53.4 Å². The summed E-state index contributed by atoms with van der Waals surface area (Å²) in [5.41, 5.74) is 1.07. The number of aliphatic carboxylic acids is 1. The zero-order chi connectivity index (χ0) is 26.8. The van der Waals surface area contributed by atoms with Gasteiger partial charge in [-0.1, -0.05) is 24.3 Å². The highest BCUT2D eigenvalue weighted by Crippen LogP contribution is 2.33. The lowest BCUT2D eigenvalue weighted by Gasteiger charge is -2.14. The molecule has 1 heterocycles. The van der Waals surface area contributed by atoms with Gasteiger partial charge in [0.25, 0.3) is 0 Å². The van der Waals surface area contributed by atoms with Gasteiger partial charge in [-0.2, -0.15) is 22.0 Å². The molecule has 0 aliphatic carbocycles. The van der Waals surface area contributed by atoms with E-state index in [1.165, 1.54) is 12.1 Å². The van der Waals surface area contributed by atoms with Gasteiger partial charge in [-0.3, -0.25) is 0 Å². The molecule has 0 aromatic heterocycles. The molecule has 194 valence electrons. The third-order valence-corrected chi connectivity index (χ3v) is 6.04. The Balaban J connectivity index is 0.000000454. The molecule has 0 saturated carbocycles. The largest absolute Gasteiger partial charge is 0.490 e. The van der Waals surface area contributed by atoms with Gasteiger partial charge in [0.1, 0.15) is 0 Å². The first-order chi connectivity index (χ1) is 16.8. The fourth-order valence-electron chi connectivity index (χ4n) is 3.43. The van der Waals surface area contributed by atoms with E-state index in [2.05, 4.69) is 9.50 Å². The van der Waals surface area contributed by atoms with Gasteiger partial charge < -0.3 is 14.6 Å². The molecular formula is C22H15F8NO4S. The lowest BCUT2D eigenvalue weighted by molar-refractivity contribution is -0.192. The zero-order valence-electron chi connectivity index (χ0n) is 17.8. The summed E-state index contributed by atoms with van der Waals surface area (Å²) in [6.07, 6.45) is -3.05. The number of fused-ring (bicyclic) bond motifs is 1. The number of benzene rings is 3. The molecular weight excluding hydrogens is 526 g/mol. The Morgan fingerprint density at radius 3 is 2.08 bits per heavy atom. The number of hydrogen-bond donors (Lipinski definition) is 2. The first-order valence-electron chi connectivity index (χ1n) is 10.0. The lowest BCUT2D eigenvalue weighted by Crippen LogP contribution is -2.21. The fourth-order valence-corrected chi connectivity index (χ4v) is 4.22. The number of carboxylic acids is 1. The molecule has 2 atom stereocenters. The molecule has 0 spiro atoms. The van der Waals surface area contributed by atoms with Crippen LogP contribution in [0.3, 0.4) is 0 Å². The third kappa shape index (κ3) is 5.75. The molecule has 36 heavy (non-hydrogen) atoms. The summed E-state index contributed by atoms with van der Waals surface area (Å²) < 4.78 is 116. The molecule has 2 unspecified atom stereocenters. The average Bonchev–Trinajstić information content (AvgIpc) is 3.38. The second kappa shape index (κ2) is 10.8. The van der Waals surface area contributed by atoms with Crippen LogP contribution in [0.25, 0.3) is 10.8 Å². The molecule has 0 bridgehead atoms. The number of halogens is 8. The van der Waals surface area contributed by atoms with Gasteiger partial charge in [-0.05, 0) is 47.9 Å². The third-order valence-electron chi connectivity index (χ3n) is 5.08. The van der Waals surface area contributed by atoms with Crippen LogP contribution < -0.4 is 9.50 Å². The molecule has 5 nitrogen and oxygen atoms in total. The van der Waals surface area contributed by atoms with Gasteiger partial charge in [0.05, 0.1) is 4.90 Å². The van der Waals surface area contributed by atoms with E-state index in [-0.39, 0.29) is 10.9 Å². The van der Waals surface area contributed by atoms with Crippen LogP contribution in [0, 0.1) is 29.1 Å². The van der Waals surface area contributed by atoms with Crippen molar-refractivity contribution in [3.05, 3.63) is 71.0 Å². The minimum atomic E-state index is -5.08. The first kappa shape index (κ1) is 27.3. The van der Waals surface area contributed by atoms with Crippen molar-refractivity contribution >= 4 is 27.8 Å². The standard InChI is InChI=1S/C20H14F5NO2S.C2HF3O2/c21-15-16(22)18(24)20(19(25)17(15)23)28-29(27)11-6-7-12-10(9-11)3-1-4-13(12)14-5-2-8-26-14;3-2(4,5)1(6)7/h1,3-4,6-7,9,14,26H,2,5,8H2;(H,6,7). The van der Waals surface area contributed by atoms with Gasteiger partial charge in [0, 0.05) is 6.04 Å². The number of rotatable bonds is 4. The van der Waals surface area contributed by atoms with Crippen molar-refractivity contribution in [2.24, 2.45) is 0 Å². The Hall–Kier alpha value is -3.26. The van der Waals surface area contributed by atoms with E-state index in [9.17, 15) is 39.3 Å². The van der Waals surface area contributed by atoms with Crippen molar-refractivity contribution in [1.29, 1.82) is 0 Å². The molecule has 0 radical (unpaired) electrons. The zero-order valence-corrected chi connectivity index (χ0v) is 18.6. The molecule has 0 amide bonds. The van der Waals surface area contributed by atoms with Crippen molar-refractivity contribution in [2.45, 2.75) is 30.0 Å². The highest BCUT2D eigenvalue weighted by Gasteiger charge is 2.38. The van der Waals surface area contributed by atoms with Crippen LogP contribution in [0.4, 0.5) is 35.1 Å². The van der Waals surface area contributed by atoms with Gasteiger partial charge in [0.15, 0.2) is 0 Å². The minimum Gasteiger partial charge on any atom is -0.475 e. The highest BCUT2D eigenvalue weighted by molar-refractivity contribution is 7.80. The van der Waals surface area contributed by atoms with Crippen molar-refractivity contribution in [1.82, 2.24) is 5.32 Å². The average molecular weight is 541 g/mol. The molecule has 1 saturated heterocycles. The summed E-state index contributed by atoms with van der Waals surface area (Å²) in [6, 6.07) is 10.4. The van der Waals surface area contributed by atoms with Crippen LogP contribution >= 0.6 is 0 Å².